The number of carbonyl (C=O) groups is 2. The Bertz CT molecular complexity index is 1670. The van der Waals surface area contributed by atoms with Crippen LogP contribution in [0.15, 0.2) is 36.4 Å². The summed E-state index contributed by atoms with van der Waals surface area (Å²) in [6.07, 6.45) is 2.64. The van der Waals surface area contributed by atoms with Crippen LogP contribution in [0.2, 0.25) is 0 Å². The van der Waals surface area contributed by atoms with Gasteiger partial charge in [0.1, 0.15) is 31.7 Å². The maximum Gasteiger partial charge on any atom is 0.407 e. The number of nitrogens with one attached hydrogen (secondary N) is 1. The van der Waals surface area contributed by atoms with Crippen LogP contribution in [0.4, 0.5) is 9.18 Å². The molecule has 1 saturated heterocycles. The van der Waals surface area contributed by atoms with Crippen LogP contribution in [0.25, 0.3) is 33.5 Å². The smallest absolute Gasteiger partial charge is 0.407 e. The number of ether oxygens (including phenoxy) is 2. The van der Waals surface area contributed by atoms with Crippen LogP contribution in [0, 0.1) is 5.92 Å². The average molecular weight is 561 g/mol. The molecule has 0 spiro atoms. The first-order valence-corrected chi connectivity index (χ1v) is 14.2. The highest BCUT2D eigenvalue weighted by molar-refractivity contribution is 6.01. The Morgan fingerprint density at radius 2 is 2.10 bits per heavy atom. The molecular weight excluding hydrogens is 527 g/mol. The molecule has 3 aliphatic rings. The summed E-state index contributed by atoms with van der Waals surface area (Å²) < 4.78 is 28.7. The highest BCUT2D eigenvalue weighted by Gasteiger charge is 2.30. The van der Waals surface area contributed by atoms with E-state index in [1.54, 1.807) is 4.90 Å². The first kappa shape index (κ1) is 25.8. The zero-order valence-electron chi connectivity index (χ0n) is 22.9. The van der Waals surface area contributed by atoms with Gasteiger partial charge in [0, 0.05) is 37.6 Å². The van der Waals surface area contributed by atoms with E-state index in [4.69, 9.17) is 20.2 Å². The Kier molecular flexibility index (Phi) is 6.33. The molecule has 2 amide bonds. The average Bonchev–Trinajstić information content (AvgIpc) is 3.45. The molecule has 1 saturated carbocycles. The zero-order chi connectivity index (χ0) is 28.2. The predicted molar refractivity (Wildman–Crippen MR) is 152 cm³/mol. The molecule has 4 aromatic rings. The van der Waals surface area contributed by atoms with Gasteiger partial charge in [-0.2, -0.15) is 0 Å². The van der Waals surface area contributed by atoms with Gasteiger partial charge in [-0.05, 0) is 55.0 Å². The fourth-order valence-corrected chi connectivity index (χ4v) is 6.00. The number of nitrogens with zero attached hydrogens (tertiary/aromatic N) is 4. The maximum absolute atomic E-state index is 13.3. The number of para-hydroxylation sites is 1. The number of fused-ring (bicyclic) bond motifs is 3. The molecule has 7 rings (SSSR count). The summed E-state index contributed by atoms with van der Waals surface area (Å²) in [5.74, 6) is 2.03. The number of hydrogen-bond donors (Lipinski definition) is 2. The van der Waals surface area contributed by atoms with Crippen molar-refractivity contribution in [3.05, 3.63) is 47.5 Å². The van der Waals surface area contributed by atoms with Gasteiger partial charge in [0.2, 0.25) is 0 Å². The fraction of sp³-hybridized carbons (Fsp3) is 0.433. The van der Waals surface area contributed by atoms with E-state index in [0.717, 1.165) is 51.3 Å². The highest BCUT2D eigenvalue weighted by Crippen LogP contribution is 2.39. The number of alkyl carbamates (subject to hydrolysis) is 1. The van der Waals surface area contributed by atoms with E-state index in [2.05, 4.69) is 32.7 Å². The van der Waals surface area contributed by atoms with Gasteiger partial charge in [-0.25, -0.2) is 14.2 Å². The van der Waals surface area contributed by atoms with Crippen molar-refractivity contribution >= 4 is 33.9 Å². The van der Waals surface area contributed by atoms with E-state index >= 15 is 0 Å². The minimum Gasteiger partial charge on any atom is -0.489 e. The monoisotopic (exact) mass is 560 g/mol. The number of amides is 2. The Hall–Kier alpha value is -4.12. The molecular formula is C30H33FN6O4. The third-order valence-electron chi connectivity index (χ3n) is 8.36. The largest absolute Gasteiger partial charge is 0.489 e. The normalized spacial score (nSPS) is 19.5. The van der Waals surface area contributed by atoms with Gasteiger partial charge in [-0.1, -0.05) is 12.1 Å². The van der Waals surface area contributed by atoms with Crippen molar-refractivity contribution in [2.75, 3.05) is 33.0 Å². The van der Waals surface area contributed by atoms with E-state index in [1.165, 1.54) is 12.8 Å². The van der Waals surface area contributed by atoms with Gasteiger partial charge in [-0.15, -0.1) is 0 Å². The van der Waals surface area contributed by atoms with E-state index in [1.807, 2.05) is 25.2 Å². The topological polar surface area (TPSA) is 117 Å². The number of imidazole rings is 1. The highest BCUT2D eigenvalue weighted by atomic mass is 19.1. The van der Waals surface area contributed by atoms with E-state index in [-0.39, 0.29) is 25.1 Å². The predicted octanol–water partition coefficient (Wildman–Crippen LogP) is 3.39. The van der Waals surface area contributed by atoms with Crippen molar-refractivity contribution < 1.29 is 23.5 Å². The van der Waals surface area contributed by atoms with Gasteiger partial charge >= 0.3 is 6.09 Å². The standard InChI is InChI=1S/C30H33FN6O4/c1-35-24-9-18-7-8-36(14-20(32)12-31)29(38)22(18)11-23(24)34-28(35)25-10-19-3-2-4-26(27(19)37(25)13-17-5-6-17)40-15-21-16-41-30(39)33-21/h2-4,9-11,17,20-21H,5-8,12-16,32H2,1H3,(H,33,39)/t20-,21?/m1/s1. The van der Waals surface area contributed by atoms with Crippen molar-refractivity contribution in [1.29, 1.82) is 0 Å². The minimum atomic E-state index is -0.682. The number of rotatable bonds is 9. The number of cyclic esters (lactones) is 1. The summed E-state index contributed by atoms with van der Waals surface area (Å²) in [7, 11) is 2.01. The van der Waals surface area contributed by atoms with Crippen molar-refractivity contribution in [3.8, 4) is 17.3 Å². The van der Waals surface area contributed by atoms with Crippen molar-refractivity contribution in [2.45, 2.75) is 37.9 Å². The molecule has 41 heavy (non-hydrogen) atoms. The summed E-state index contributed by atoms with van der Waals surface area (Å²) >= 11 is 0. The van der Waals surface area contributed by atoms with Crippen molar-refractivity contribution in [1.82, 2.24) is 24.3 Å². The number of aryl methyl sites for hydroxylation is 1. The first-order chi connectivity index (χ1) is 19.9. The van der Waals surface area contributed by atoms with Crippen LogP contribution in [-0.2, 0) is 24.8 Å². The lowest BCUT2D eigenvalue weighted by molar-refractivity contribution is 0.0725. The maximum atomic E-state index is 13.3. The molecule has 1 unspecified atom stereocenters. The second-order valence-electron chi connectivity index (χ2n) is 11.4. The minimum absolute atomic E-state index is 0.127. The van der Waals surface area contributed by atoms with Crippen molar-refractivity contribution in [2.24, 2.45) is 18.7 Å². The quantitative estimate of drug-likeness (QED) is 0.324. The van der Waals surface area contributed by atoms with Gasteiger partial charge < -0.3 is 34.6 Å². The summed E-state index contributed by atoms with van der Waals surface area (Å²) in [4.78, 5) is 31.4. The first-order valence-electron chi connectivity index (χ1n) is 14.2. The number of nitrogens with two attached hydrogens (primary N) is 1. The second kappa shape index (κ2) is 10.1. The van der Waals surface area contributed by atoms with Crippen LogP contribution in [0.3, 0.4) is 0 Å². The van der Waals surface area contributed by atoms with Crippen LogP contribution < -0.4 is 15.8 Å². The second-order valence-corrected chi connectivity index (χ2v) is 11.4. The molecule has 3 N–H and O–H groups in total. The lowest BCUT2D eigenvalue weighted by Gasteiger charge is -2.30. The molecule has 2 aliphatic heterocycles. The van der Waals surface area contributed by atoms with Crippen LogP contribution in [-0.4, -0.2) is 76.1 Å². The van der Waals surface area contributed by atoms with Crippen LogP contribution in [0.1, 0.15) is 28.8 Å². The Labute approximate surface area is 236 Å². The van der Waals surface area contributed by atoms with Crippen molar-refractivity contribution in [3.63, 3.8) is 0 Å². The summed E-state index contributed by atoms with van der Waals surface area (Å²) in [6.45, 7) is 1.51. The number of benzene rings is 2. The Morgan fingerprint density at radius 3 is 2.85 bits per heavy atom. The number of aromatic nitrogens is 3. The van der Waals surface area contributed by atoms with E-state index in [9.17, 15) is 14.0 Å². The summed E-state index contributed by atoms with van der Waals surface area (Å²) in [5.41, 5.74) is 11.1. The number of alkyl halides is 1. The molecule has 4 heterocycles. The number of hydrogen-bond acceptors (Lipinski definition) is 6. The molecule has 0 bridgehead atoms. The fourth-order valence-electron chi connectivity index (χ4n) is 6.00. The third-order valence-corrected chi connectivity index (χ3v) is 8.36. The molecule has 2 aromatic heterocycles. The van der Waals surface area contributed by atoms with Gasteiger partial charge in [0.15, 0.2) is 5.82 Å². The van der Waals surface area contributed by atoms with Crippen LogP contribution in [0.5, 0.6) is 5.75 Å². The van der Waals surface area contributed by atoms with Gasteiger partial charge in [-0.3, -0.25) is 4.79 Å². The molecule has 1 aliphatic carbocycles. The number of carbonyl (C=O) groups excluding carboxylic acids is 2. The zero-order valence-corrected chi connectivity index (χ0v) is 22.9. The molecule has 0 radical (unpaired) electrons. The molecule has 2 fully saturated rings. The molecule has 11 heteroatoms. The van der Waals surface area contributed by atoms with E-state index < -0.39 is 18.8 Å². The molecule has 2 aromatic carbocycles. The Morgan fingerprint density at radius 1 is 1.24 bits per heavy atom. The lowest BCUT2D eigenvalue weighted by Crippen LogP contribution is -2.45. The Balaban J connectivity index is 1.28. The number of halogens is 1. The summed E-state index contributed by atoms with van der Waals surface area (Å²) in [6, 6.07) is 11.2. The van der Waals surface area contributed by atoms with E-state index in [0.29, 0.717) is 31.1 Å². The van der Waals surface area contributed by atoms with Crippen LogP contribution >= 0.6 is 0 Å². The summed E-state index contributed by atoms with van der Waals surface area (Å²) in [5, 5.41) is 3.81. The molecule has 214 valence electrons. The van der Waals surface area contributed by atoms with Gasteiger partial charge in [0.05, 0.1) is 28.3 Å². The lowest BCUT2D eigenvalue weighted by atomic mass is 9.97. The third kappa shape index (κ3) is 4.67. The SMILES string of the molecule is Cn1c(-c2cc3cccc(OCC4COC(=O)N4)c3n2CC2CC2)nc2cc3c(cc21)CCN(C[C@H](N)CF)C3=O. The molecule has 10 nitrogen and oxygen atoms in total. The molecule has 2 atom stereocenters. The van der Waals surface area contributed by atoms with Gasteiger partial charge in [0.25, 0.3) is 5.91 Å².